The van der Waals surface area contributed by atoms with Crippen LogP contribution in [0.15, 0.2) is 30.5 Å². The van der Waals surface area contributed by atoms with E-state index in [-0.39, 0.29) is 6.04 Å². The summed E-state index contributed by atoms with van der Waals surface area (Å²) in [7, 11) is 0. The summed E-state index contributed by atoms with van der Waals surface area (Å²) in [5.74, 6) is 0.671. The second-order valence-electron chi connectivity index (χ2n) is 5.21. The number of benzene rings is 1. The van der Waals surface area contributed by atoms with Crippen molar-refractivity contribution in [2.24, 2.45) is 11.7 Å². The molecule has 2 nitrogen and oxygen atoms in total. The van der Waals surface area contributed by atoms with Gasteiger partial charge in [0.2, 0.25) is 0 Å². The van der Waals surface area contributed by atoms with E-state index in [1.165, 1.54) is 48.6 Å². The highest BCUT2D eigenvalue weighted by molar-refractivity contribution is 5.83. The van der Waals surface area contributed by atoms with Crippen LogP contribution in [0.1, 0.15) is 43.7 Å². The summed E-state index contributed by atoms with van der Waals surface area (Å²) in [6.07, 6.45) is 8.67. The highest BCUT2D eigenvalue weighted by Gasteiger charge is 2.23. The van der Waals surface area contributed by atoms with Crippen LogP contribution in [-0.4, -0.2) is 4.98 Å². The lowest BCUT2D eigenvalue weighted by Gasteiger charge is -2.28. The minimum Gasteiger partial charge on any atom is -0.361 e. The molecule has 17 heavy (non-hydrogen) atoms. The first-order valence-corrected chi connectivity index (χ1v) is 6.68. The Hall–Kier alpha value is -1.28. The number of nitrogens with one attached hydrogen (secondary N) is 1. The molecule has 1 aliphatic carbocycles. The van der Waals surface area contributed by atoms with E-state index < -0.39 is 0 Å². The zero-order valence-corrected chi connectivity index (χ0v) is 10.2. The summed E-state index contributed by atoms with van der Waals surface area (Å²) in [4.78, 5) is 3.26. The van der Waals surface area contributed by atoms with Gasteiger partial charge in [0.15, 0.2) is 0 Å². The number of H-pyrrole nitrogens is 1. The molecule has 0 spiro atoms. The Kier molecular flexibility index (Phi) is 2.89. The average molecular weight is 228 g/mol. The smallest absolute Gasteiger partial charge is 0.0457 e. The number of fused-ring (bicyclic) bond motifs is 1. The third-order valence-corrected chi connectivity index (χ3v) is 4.15. The predicted octanol–water partition coefficient (Wildman–Crippen LogP) is 3.75. The fourth-order valence-electron chi connectivity index (χ4n) is 3.15. The molecule has 1 atom stereocenters. The number of nitrogens with two attached hydrogens (primary N) is 1. The fourth-order valence-corrected chi connectivity index (χ4v) is 3.15. The molecule has 3 N–H and O–H groups in total. The second-order valence-corrected chi connectivity index (χ2v) is 5.21. The lowest BCUT2D eigenvalue weighted by Crippen LogP contribution is -2.23. The van der Waals surface area contributed by atoms with Crippen LogP contribution >= 0.6 is 0 Å². The SMILES string of the molecule is N[C@H](c1cccc2[nH]ccc12)C1CCCCC1. The number of hydrogen-bond acceptors (Lipinski definition) is 1. The van der Waals surface area contributed by atoms with Crippen molar-refractivity contribution >= 4 is 10.9 Å². The molecule has 1 fully saturated rings. The maximum Gasteiger partial charge on any atom is 0.0457 e. The molecule has 1 heterocycles. The monoisotopic (exact) mass is 228 g/mol. The van der Waals surface area contributed by atoms with Gasteiger partial charge in [-0.15, -0.1) is 0 Å². The zero-order valence-electron chi connectivity index (χ0n) is 10.2. The molecule has 0 amide bonds. The van der Waals surface area contributed by atoms with E-state index in [0.717, 1.165) is 0 Å². The lowest BCUT2D eigenvalue weighted by molar-refractivity contribution is 0.309. The van der Waals surface area contributed by atoms with Gasteiger partial charge in [-0.1, -0.05) is 31.4 Å². The van der Waals surface area contributed by atoms with Gasteiger partial charge in [0.25, 0.3) is 0 Å². The highest BCUT2D eigenvalue weighted by atomic mass is 14.7. The molecule has 0 saturated heterocycles. The van der Waals surface area contributed by atoms with Crippen molar-refractivity contribution in [3.63, 3.8) is 0 Å². The predicted molar refractivity (Wildman–Crippen MR) is 71.8 cm³/mol. The van der Waals surface area contributed by atoms with E-state index >= 15 is 0 Å². The second kappa shape index (κ2) is 4.53. The Bertz CT molecular complexity index is 494. The normalized spacial score (nSPS) is 19.6. The fraction of sp³-hybridized carbons (Fsp3) is 0.467. The number of rotatable bonds is 2. The van der Waals surface area contributed by atoms with Crippen molar-refractivity contribution in [2.45, 2.75) is 38.1 Å². The summed E-state index contributed by atoms with van der Waals surface area (Å²) >= 11 is 0. The maximum absolute atomic E-state index is 6.48. The van der Waals surface area contributed by atoms with Gasteiger partial charge in [0.05, 0.1) is 0 Å². The maximum atomic E-state index is 6.48. The molecule has 2 aromatic rings. The summed E-state index contributed by atoms with van der Waals surface area (Å²) in [5.41, 5.74) is 9.00. The van der Waals surface area contributed by atoms with Crippen LogP contribution < -0.4 is 5.73 Å². The molecule has 0 bridgehead atoms. The van der Waals surface area contributed by atoms with Gasteiger partial charge in [0.1, 0.15) is 0 Å². The van der Waals surface area contributed by atoms with Gasteiger partial charge >= 0.3 is 0 Å². The summed E-state index contributed by atoms with van der Waals surface area (Å²) in [5, 5.41) is 1.30. The van der Waals surface area contributed by atoms with Crippen molar-refractivity contribution in [2.75, 3.05) is 0 Å². The molecule has 1 aromatic heterocycles. The van der Waals surface area contributed by atoms with E-state index in [0.29, 0.717) is 5.92 Å². The van der Waals surface area contributed by atoms with Crippen LogP contribution in [0.2, 0.25) is 0 Å². The van der Waals surface area contributed by atoms with Crippen LogP contribution in [0.3, 0.4) is 0 Å². The van der Waals surface area contributed by atoms with Crippen LogP contribution in [0.5, 0.6) is 0 Å². The van der Waals surface area contributed by atoms with Crippen molar-refractivity contribution in [1.82, 2.24) is 4.98 Å². The third-order valence-electron chi connectivity index (χ3n) is 4.15. The molecule has 1 saturated carbocycles. The lowest BCUT2D eigenvalue weighted by atomic mass is 9.81. The first-order valence-electron chi connectivity index (χ1n) is 6.68. The van der Waals surface area contributed by atoms with Gasteiger partial charge in [-0.2, -0.15) is 0 Å². The molecule has 90 valence electrons. The van der Waals surface area contributed by atoms with Crippen molar-refractivity contribution in [1.29, 1.82) is 0 Å². The van der Waals surface area contributed by atoms with E-state index in [1.807, 2.05) is 6.20 Å². The summed E-state index contributed by atoms with van der Waals surface area (Å²) in [6, 6.07) is 8.77. The molecule has 1 aromatic carbocycles. The quantitative estimate of drug-likeness (QED) is 0.807. The van der Waals surface area contributed by atoms with Gasteiger partial charge in [-0.05, 0) is 36.5 Å². The standard InChI is InChI=1S/C15H20N2/c16-15(11-5-2-1-3-6-11)13-7-4-8-14-12(13)9-10-17-14/h4,7-11,15,17H,1-3,5-6,16H2/t15-/m0/s1. The Morgan fingerprint density at radius 1 is 1.12 bits per heavy atom. The van der Waals surface area contributed by atoms with E-state index in [9.17, 15) is 0 Å². The van der Waals surface area contributed by atoms with E-state index in [1.54, 1.807) is 0 Å². The molecule has 1 aliphatic rings. The van der Waals surface area contributed by atoms with Crippen molar-refractivity contribution in [3.8, 4) is 0 Å². The molecule has 0 aliphatic heterocycles. The van der Waals surface area contributed by atoms with Crippen LogP contribution in [0, 0.1) is 5.92 Å². The van der Waals surface area contributed by atoms with Gasteiger partial charge in [-0.25, -0.2) is 0 Å². The summed E-state index contributed by atoms with van der Waals surface area (Å²) < 4.78 is 0. The van der Waals surface area contributed by atoms with Crippen LogP contribution in [0.25, 0.3) is 10.9 Å². The minimum atomic E-state index is 0.204. The van der Waals surface area contributed by atoms with Gasteiger partial charge < -0.3 is 10.7 Å². The Balaban J connectivity index is 1.94. The number of hydrogen-bond donors (Lipinski definition) is 2. The van der Waals surface area contributed by atoms with E-state index in [2.05, 4.69) is 29.2 Å². The minimum absolute atomic E-state index is 0.204. The molecule has 2 heteroatoms. The van der Waals surface area contributed by atoms with E-state index in [4.69, 9.17) is 5.73 Å². The Morgan fingerprint density at radius 3 is 2.76 bits per heavy atom. The first kappa shape index (κ1) is 10.8. The van der Waals surface area contributed by atoms with Crippen molar-refractivity contribution in [3.05, 3.63) is 36.0 Å². The topological polar surface area (TPSA) is 41.8 Å². The largest absolute Gasteiger partial charge is 0.361 e. The zero-order chi connectivity index (χ0) is 11.7. The van der Waals surface area contributed by atoms with Gasteiger partial charge in [-0.3, -0.25) is 0 Å². The van der Waals surface area contributed by atoms with Crippen molar-refractivity contribution < 1.29 is 0 Å². The van der Waals surface area contributed by atoms with Crippen LogP contribution in [0.4, 0.5) is 0 Å². The first-order chi connectivity index (χ1) is 8.36. The van der Waals surface area contributed by atoms with Gasteiger partial charge in [0, 0.05) is 23.1 Å². The molecular weight excluding hydrogens is 208 g/mol. The Morgan fingerprint density at radius 2 is 1.94 bits per heavy atom. The van der Waals surface area contributed by atoms with Crippen LogP contribution in [-0.2, 0) is 0 Å². The number of aromatic nitrogens is 1. The molecule has 3 rings (SSSR count). The highest BCUT2D eigenvalue weighted by Crippen LogP contribution is 2.35. The summed E-state index contributed by atoms with van der Waals surface area (Å²) in [6.45, 7) is 0. The molecule has 0 unspecified atom stereocenters. The molecule has 0 radical (unpaired) electrons. The molecular formula is C15H20N2. The third kappa shape index (κ3) is 1.98. The average Bonchev–Trinajstić information content (AvgIpc) is 2.87. The number of aromatic amines is 1. The Labute approximate surface area is 102 Å².